The first-order chi connectivity index (χ1) is 8.87. The van der Waals surface area contributed by atoms with Gasteiger partial charge in [-0.05, 0) is 24.8 Å². The van der Waals surface area contributed by atoms with Gasteiger partial charge in [-0.3, -0.25) is 0 Å². The van der Waals surface area contributed by atoms with Crippen LogP contribution < -0.4 is 0 Å². The van der Waals surface area contributed by atoms with Gasteiger partial charge >= 0.3 is 0 Å². The molecule has 0 fully saturated rings. The van der Waals surface area contributed by atoms with Crippen LogP contribution in [0.2, 0.25) is 0 Å². The second kappa shape index (κ2) is 5.42. The summed E-state index contributed by atoms with van der Waals surface area (Å²) in [7, 11) is 0. The largest absolute Gasteiger partial charge is 0.461 e. The van der Waals surface area contributed by atoms with Crippen LogP contribution in [-0.2, 0) is 0 Å². The Bertz CT molecular complexity index is 534. The van der Waals surface area contributed by atoms with Crippen LogP contribution in [0.25, 0.3) is 11.3 Å². The van der Waals surface area contributed by atoms with Crippen LogP contribution >= 0.6 is 11.6 Å². The maximum absolute atomic E-state index is 6.54. The van der Waals surface area contributed by atoms with Crippen LogP contribution in [0.5, 0.6) is 0 Å². The summed E-state index contributed by atoms with van der Waals surface area (Å²) >= 11 is 6.54. The Morgan fingerprint density at radius 1 is 1.16 bits per heavy atom. The second-order valence-electron chi connectivity index (χ2n) is 6.22. The van der Waals surface area contributed by atoms with E-state index in [1.807, 2.05) is 25.1 Å². The van der Waals surface area contributed by atoms with Crippen molar-refractivity contribution in [2.45, 2.75) is 39.5 Å². The SMILES string of the molecule is Cc1oc(-c2ccccc2)cc1C(Cl)CC(C)(C)C. The molecule has 0 aliphatic rings. The molecule has 19 heavy (non-hydrogen) atoms. The van der Waals surface area contributed by atoms with E-state index in [1.54, 1.807) is 0 Å². The molecule has 0 saturated carbocycles. The molecule has 0 saturated heterocycles. The molecule has 0 bridgehead atoms. The summed E-state index contributed by atoms with van der Waals surface area (Å²) in [4.78, 5) is 0. The lowest BCUT2D eigenvalue weighted by atomic mass is 9.88. The van der Waals surface area contributed by atoms with Gasteiger partial charge in [0.1, 0.15) is 11.5 Å². The Kier molecular flexibility index (Phi) is 4.05. The number of hydrogen-bond donors (Lipinski definition) is 0. The van der Waals surface area contributed by atoms with E-state index >= 15 is 0 Å². The van der Waals surface area contributed by atoms with Crippen molar-refractivity contribution in [2.75, 3.05) is 0 Å². The van der Waals surface area contributed by atoms with Gasteiger partial charge in [-0.2, -0.15) is 0 Å². The van der Waals surface area contributed by atoms with Crippen LogP contribution in [0.1, 0.15) is 43.9 Å². The number of furan rings is 1. The maximum atomic E-state index is 6.54. The highest BCUT2D eigenvalue weighted by atomic mass is 35.5. The summed E-state index contributed by atoms with van der Waals surface area (Å²) in [5.41, 5.74) is 2.41. The number of hydrogen-bond acceptors (Lipinski definition) is 1. The molecule has 1 unspecified atom stereocenters. The second-order valence-corrected chi connectivity index (χ2v) is 6.75. The molecule has 1 heterocycles. The van der Waals surface area contributed by atoms with Gasteiger partial charge in [0.25, 0.3) is 0 Å². The van der Waals surface area contributed by atoms with E-state index in [9.17, 15) is 0 Å². The lowest BCUT2D eigenvalue weighted by Crippen LogP contribution is -2.08. The highest BCUT2D eigenvalue weighted by Crippen LogP contribution is 2.38. The summed E-state index contributed by atoms with van der Waals surface area (Å²) in [5.74, 6) is 1.82. The van der Waals surface area contributed by atoms with Gasteiger partial charge in [0, 0.05) is 11.1 Å². The van der Waals surface area contributed by atoms with E-state index in [0.717, 1.165) is 29.1 Å². The summed E-state index contributed by atoms with van der Waals surface area (Å²) in [5, 5.41) is 0.00112. The molecule has 102 valence electrons. The molecular formula is C17H21ClO. The van der Waals surface area contributed by atoms with Crippen molar-refractivity contribution in [2.24, 2.45) is 5.41 Å². The summed E-state index contributed by atoms with van der Waals surface area (Å²) in [6.07, 6.45) is 0.934. The molecule has 0 amide bonds. The predicted octanol–water partition coefficient (Wildman–Crippen LogP) is 5.97. The third-order valence-electron chi connectivity index (χ3n) is 3.14. The predicted molar refractivity (Wildman–Crippen MR) is 81.5 cm³/mol. The minimum atomic E-state index is 0.00112. The molecule has 0 N–H and O–H groups in total. The van der Waals surface area contributed by atoms with Crippen molar-refractivity contribution < 1.29 is 4.42 Å². The Balaban J connectivity index is 2.27. The molecule has 1 aromatic carbocycles. The summed E-state index contributed by atoms with van der Waals surface area (Å²) in [6.45, 7) is 8.60. The van der Waals surface area contributed by atoms with E-state index in [-0.39, 0.29) is 10.8 Å². The van der Waals surface area contributed by atoms with Crippen LogP contribution in [0, 0.1) is 12.3 Å². The molecular weight excluding hydrogens is 256 g/mol. The van der Waals surface area contributed by atoms with Gasteiger partial charge in [0.05, 0.1) is 5.38 Å². The van der Waals surface area contributed by atoms with Gasteiger partial charge in [0.15, 0.2) is 0 Å². The normalized spacial score (nSPS) is 13.5. The Morgan fingerprint density at radius 2 is 1.79 bits per heavy atom. The third kappa shape index (κ3) is 3.63. The average Bonchev–Trinajstić information content (AvgIpc) is 2.70. The average molecular weight is 277 g/mol. The zero-order chi connectivity index (χ0) is 14.0. The fraction of sp³-hybridized carbons (Fsp3) is 0.412. The van der Waals surface area contributed by atoms with Crippen molar-refractivity contribution >= 4 is 11.6 Å². The molecule has 2 aromatic rings. The van der Waals surface area contributed by atoms with Crippen molar-refractivity contribution in [1.29, 1.82) is 0 Å². The molecule has 0 spiro atoms. The topological polar surface area (TPSA) is 13.1 Å². The Hall–Kier alpha value is -1.21. The number of benzene rings is 1. The number of alkyl halides is 1. The highest BCUT2D eigenvalue weighted by molar-refractivity contribution is 6.21. The van der Waals surface area contributed by atoms with Crippen molar-refractivity contribution in [3.05, 3.63) is 47.7 Å². The zero-order valence-electron chi connectivity index (χ0n) is 12.0. The number of rotatable bonds is 3. The maximum Gasteiger partial charge on any atom is 0.134 e. The monoisotopic (exact) mass is 276 g/mol. The van der Waals surface area contributed by atoms with Crippen LogP contribution in [0.15, 0.2) is 40.8 Å². The molecule has 2 heteroatoms. The van der Waals surface area contributed by atoms with Crippen molar-refractivity contribution in [3.8, 4) is 11.3 Å². The van der Waals surface area contributed by atoms with Crippen LogP contribution in [0.4, 0.5) is 0 Å². The van der Waals surface area contributed by atoms with E-state index in [2.05, 4.69) is 39.0 Å². The molecule has 1 nitrogen and oxygen atoms in total. The fourth-order valence-electron chi connectivity index (χ4n) is 2.20. The smallest absolute Gasteiger partial charge is 0.134 e. The van der Waals surface area contributed by atoms with Gasteiger partial charge in [-0.1, -0.05) is 51.1 Å². The van der Waals surface area contributed by atoms with E-state index < -0.39 is 0 Å². The molecule has 1 aromatic heterocycles. The lowest BCUT2D eigenvalue weighted by molar-refractivity contribution is 0.371. The first-order valence-electron chi connectivity index (χ1n) is 6.66. The lowest BCUT2D eigenvalue weighted by Gasteiger charge is -2.21. The van der Waals surface area contributed by atoms with Gasteiger partial charge < -0.3 is 4.42 Å². The van der Waals surface area contributed by atoms with Gasteiger partial charge in [0.2, 0.25) is 0 Å². The molecule has 1 atom stereocenters. The standard InChI is InChI=1S/C17H21ClO/c1-12-14(15(18)11-17(2,3)4)10-16(19-12)13-8-6-5-7-9-13/h5-10,15H,11H2,1-4H3. The molecule has 2 rings (SSSR count). The van der Waals surface area contributed by atoms with E-state index in [0.29, 0.717) is 0 Å². The van der Waals surface area contributed by atoms with Gasteiger partial charge in [-0.25, -0.2) is 0 Å². The minimum Gasteiger partial charge on any atom is -0.461 e. The fourth-order valence-corrected chi connectivity index (χ4v) is 2.88. The molecule has 0 aliphatic heterocycles. The first kappa shape index (κ1) is 14.2. The molecule has 0 radical (unpaired) electrons. The first-order valence-corrected chi connectivity index (χ1v) is 7.10. The highest BCUT2D eigenvalue weighted by Gasteiger charge is 2.22. The zero-order valence-corrected chi connectivity index (χ0v) is 12.8. The third-order valence-corrected chi connectivity index (χ3v) is 3.53. The van der Waals surface area contributed by atoms with Gasteiger partial charge in [-0.15, -0.1) is 11.6 Å². The van der Waals surface area contributed by atoms with E-state index in [1.165, 1.54) is 0 Å². The number of halogens is 1. The number of aryl methyl sites for hydroxylation is 1. The van der Waals surface area contributed by atoms with Crippen LogP contribution in [-0.4, -0.2) is 0 Å². The van der Waals surface area contributed by atoms with E-state index in [4.69, 9.17) is 16.0 Å². The Labute approximate surface area is 120 Å². The summed E-state index contributed by atoms with van der Waals surface area (Å²) in [6, 6.07) is 12.2. The summed E-state index contributed by atoms with van der Waals surface area (Å²) < 4.78 is 5.85. The van der Waals surface area contributed by atoms with Crippen LogP contribution in [0.3, 0.4) is 0 Å². The Morgan fingerprint density at radius 3 is 2.37 bits per heavy atom. The van der Waals surface area contributed by atoms with Crippen molar-refractivity contribution in [1.82, 2.24) is 0 Å². The quantitative estimate of drug-likeness (QED) is 0.629. The molecule has 0 aliphatic carbocycles. The van der Waals surface area contributed by atoms with Crippen molar-refractivity contribution in [3.63, 3.8) is 0 Å². The minimum absolute atomic E-state index is 0.00112.